The topological polar surface area (TPSA) is 82.8 Å². The summed E-state index contributed by atoms with van der Waals surface area (Å²) in [6, 6.07) is 10.1. The molecule has 0 atom stereocenters. The molecule has 21 heavy (non-hydrogen) atoms. The van der Waals surface area contributed by atoms with E-state index in [0.29, 0.717) is 12.4 Å². The van der Waals surface area contributed by atoms with Crippen molar-refractivity contribution in [2.45, 2.75) is 26.8 Å². The number of hydrogen-bond donors (Lipinski definition) is 1. The summed E-state index contributed by atoms with van der Waals surface area (Å²) in [5.41, 5.74) is 9.74. The van der Waals surface area contributed by atoms with E-state index >= 15 is 0 Å². The predicted octanol–water partition coefficient (Wildman–Crippen LogP) is 2.43. The van der Waals surface area contributed by atoms with E-state index in [1.165, 1.54) is 5.56 Å². The highest BCUT2D eigenvalue weighted by molar-refractivity contribution is 5.59. The Kier molecular flexibility index (Phi) is 3.43. The molecule has 0 unspecified atom stereocenters. The van der Waals surface area contributed by atoms with E-state index in [0.717, 1.165) is 29.1 Å². The first-order valence-corrected chi connectivity index (χ1v) is 6.88. The highest BCUT2D eigenvalue weighted by Gasteiger charge is 2.12. The highest BCUT2D eigenvalue weighted by atomic mass is 16.5. The number of nitrogen functional groups attached to an aromatic ring is 1. The summed E-state index contributed by atoms with van der Waals surface area (Å²) in [4.78, 5) is 0. The number of hydrogen-bond acceptors (Lipinski definition) is 5. The lowest BCUT2D eigenvalue weighted by atomic mass is 10.1. The van der Waals surface area contributed by atoms with Crippen molar-refractivity contribution < 1.29 is 4.52 Å². The van der Waals surface area contributed by atoms with Crippen molar-refractivity contribution in [1.82, 2.24) is 20.2 Å². The van der Waals surface area contributed by atoms with Crippen LogP contribution in [0.5, 0.6) is 0 Å². The number of rotatable bonds is 4. The summed E-state index contributed by atoms with van der Waals surface area (Å²) >= 11 is 0. The van der Waals surface area contributed by atoms with Gasteiger partial charge in [0.2, 0.25) is 0 Å². The fraction of sp³-hybridized carbons (Fsp3) is 0.267. The van der Waals surface area contributed by atoms with Gasteiger partial charge in [0.15, 0.2) is 11.6 Å². The van der Waals surface area contributed by atoms with Crippen molar-refractivity contribution in [3.8, 4) is 11.3 Å². The molecule has 0 saturated carbocycles. The Labute approximate surface area is 122 Å². The van der Waals surface area contributed by atoms with Gasteiger partial charge >= 0.3 is 0 Å². The third kappa shape index (κ3) is 2.65. The molecule has 0 fully saturated rings. The largest absolute Gasteiger partial charge is 0.381 e. The maximum absolute atomic E-state index is 5.78. The van der Waals surface area contributed by atoms with Crippen LogP contribution in [0.1, 0.15) is 23.9 Å². The van der Waals surface area contributed by atoms with Crippen molar-refractivity contribution in [1.29, 1.82) is 0 Å². The number of nitrogens with two attached hydrogens (primary N) is 1. The van der Waals surface area contributed by atoms with Crippen LogP contribution in [0.4, 0.5) is 5.82 Å². The number of benzene rings is 1. The zero-order valence-electron chi connectivity index (χ0n) is 12.1. The third-order valence-corrected chi connectivity index (χ3v) is 3.41. The second-order valence-corrected chi connectivity index (χ2v) is 4.98. The minimum Gasteiger partial charge on any atom is -0.381 e. The molecule has 0 aliphatic rings. The normalized spacial score (nSPS) is 11.0. The average Bonchev–Trinajstić information content (AvgIpc) is 3.07. The van der Waals surface area contributed by atoms with Gasteiger partial charge in [0, 0.05) is 11.6 Å². The van der Waals surface area contributed by atoms with Crippen LogP contribution < -0.4 is 5.73 Å². The van der Waals surface area contributed by atoms with E-state index in [1.54, 1.807) is 4.68 Å². The van der Waals surface area contributed by atoms with Gasteiger partial charge in [-0.15, -0.1) is 5.10 Å². The molecule has 3 aromatic rings. The Morgan fingerprint density at radius 3 is 2.71 bits per heavy atom. The minimum atomic E-state index is 0.468. The Bertz CT molecular complexity index is 742. The van der Waals surface area contributed by atoms with Gasteiger partial charge in [-0.3, -0.25) is 0 Å². The van der Waals surface area contributed by atoms with Crippen LogP contribution in [-0.2, 0) is 13.0 Å². The highest BCUT2D eigenvalue weighted by Crippen LogP contribution is 2.20. The van der Waals surface area contributed by atoms with Crippen LogP contribution in [0.3, 0.4) is 0 Å². The molecule has 6 heteroatoms. The summed E-state index contributed by atoms with van der Waals surface area (Å²) < 4.78 is 7.13. The Hall–Kier alpha value is -2.63. The molecule has 0 radical (unpaired) electrons. The first kappa shape index (κ1) is 13.4. The van der Waals surface area contributed by atoms with Gasteiger partial charge in [0.05, 0.1) is 5.69 Å². The van der Waals surface area contributed by atoms with Gasteiger partial charge < -0.3 is 10.3 Å². The Balaban J connectivity index is 1.83. The second-order valence-electron chi connectivity index (χ2n) is 4.98. The smallest absolute Gasteiger partial charge is 0.169 e. The monoisotopic (exact) mass is 283 g/mol. The molecular formula is C15H17N5O. The van der Waals surface area contributed by atoms with E-state index < -0.39 is 0 Å². The molecule has 2 N–H and O–H groups in total. The molecule has 108 valence electrons. The quantitative estimate of drug-likeness (QED) is 0.795. The van der Waals surface area contributed by atoms with Crippen LogP contribution in [-0.4, -0.2) is 20.2 Å². The van der Waals surface area contributed by atoms with Gasteiger partial charge in [-0.25, -0.2) is 4.68 Å². The van der Waals surface area contributed by atoms with Crippen LogP contribution in [0.2, 0.25) is 0 Å². The van der Waals surface area contributed by atoms with Crippen molar-refractivity contribution in [3.63, 3.8) is 0 Å². The number of anilines is 1. The van der Waals surface area contributed by atoms with E-state index in [4.69, 9.17) is 10.3 Å². The van der Waals surface area contributed by atoms with Crippen LogP contribution in [0.25, 0.3) is 11.3 Å². The molecule has 0 aliphatic heterocycles. The standard InChI is InChI=1S/C15H17N5O/c1-3-14-15(16)17-19-20(14)9-12-8-13(18-21-12)11-6-4-10(2)5-7-11/h4-8H,3,9,16H2,1-2H3. The number of aryl methyl sites for hydroxylation is 1. The first-order chi connectivity index (χ1) is 10.2. The molecule has 0 bridgehead atoms. The maximum atomic E-state index is 5.78. The fourth-order valence-electron chi connectivity index (χ4n) is 2.23. The molecule has 6 nitrogen and oxygen atoms in total. The second kappa shape index (κ2) is 5.40. The minimum absolute atomic E-state index is 0.468. The molecule has 3 rings (SSSR count). The van der Waals surface area contributed by atoms with E-state index in [-0.39, 0.29) is 0 Å². The average molecular weight is 283 g/mol. The molecule has 2 heterocycles. The SMILES string of the molecule is CCc1c(N)nnn1Cc1cc(-c2ccc(C)cc2)no1. The summed E-state index contributed by atoms with van der Waals surface area (Å²) in [5, 5.41) is 12.0. The van der Waals surface area contributed by atoms with Crippen molar-refractivity contribution in [3.05, 3.63) is 47.3 Å². The number of aromatic nitrogens is 4. The van der Waals surface area contributed by atoms with E-state index in [1.807, 2.05) is 25.1 Å². The lowest BCUT2D eigenvalue weighted by Gasteiger charge is -2.01. The van der Waals surface area contributed by atoms with E-state index in [2.05, 4.69) is 34.5 Å². The summed E-state index contributed by atoms with van der Waals surface area (Å²) in [6.07, 6.45) is 0.776. The molecule has 0 amide bonds. The molecular weight excluding hydrogens is 266 g/mol. The maximum Gasteiger partial charge on any atom is 0.169 e. The van der Waals surface area contributed by atoms with Gasteiger partial charge in [0.1, 0.15) is 12.2 Å². The molecule has 2 aromatic heterocycles. The van der Waals surface area contributed by atoms with E-state index in [9.17, 15) is 0 Å². The van der Waals surface area contributed by atoms with Crippen molar-refractivity contribution >= 4 is 5.82 Å². The number of nitrogens with zero attached hydrogens (tertiary/aromatic N) is 4. The Morgan fingerprint density at radius 2 is 2.00 bits per heavy atom. The van der Waals surface area contributed by atoms with Crippen molar-refractivity contribution in [2.24, 2.45) is 0 Å². The predicted molar refractivity (Wildman–Crippen MR) is 79.6 cm³/mol. The first-order valence-electron chi connectivity index (χ1n) is 6.88. The lowest BCUT2D eigenvalue weighted by Crippen LogP contribution is -2.06. The van der Waals surface area contributed by atoms with Gasteiger partial charge in [0.25, 0.3) is 0 Å². The Morgan fingerprint density at radius 1 is 1.24 bits per heavy atom. The van der Waals surface area contributed by atoms with Crippen LogP contribution >= 0.6 is 0 Å². The van der Waals surface area contributed by atoms with Gasteiger partial charge in [-0.2, -0.15) is 0 Å². The van der Waals surface area contributed by atoms with Gasteiger partial charge in [-0.05, 0) is 13.3 Å². The van der Waals surface area contributed by atoms with Crippen LogP contribution in [0.15, 0.2) is 34.9 Å². The lowest BCUT2D eigenvalue weighted by molar-refractivity contribution is 0.370. The molecule has 0 saturated heterocycles. The summed E-state index contributed by atoms with van der Waals surface area (Å²) in [7, 11) is 0. The summed E-state index contributed by atoms with van der Waals surface area (Å²) in [6.45, 7) is 4.55. The molecule has 1 aromatic carbocycles. The van der Waals surface area contributed by atoms with Crippen LogP contribution in [0, 0.1) is 6.92 Å². The third-order valence-electron chi connectivity index (χ3n) is 3.41. The fourth-order valence-corrected chi connectivity index (χ4v) is 2.23. The molecule has 0 spiro atoms. The zero-order chi connectivity index (χ0) is 14.8. The zero-order valence-corrected chi connectivity index (χ0v) is 12.1. The molecule has 0 aliphatic carbocycles. The summed E-state index contributed by atoms with van der Waals surface area (Å²) in [5.74, 6) is 1.20. The van der Waals surface area contributed by atoms with Crippen molar-refractivity contribution in [2.75, 3.05) is 5.73 Å². The van der Waals surface area contributed by atoms with Gasteiger partial charge in [-0.1, -0.05) is 47.1 Å².